The van der Waals surface area contributed by atoms with Gasteiger partial charge in [0.05, 0.1) is 11.1 Å². The van der Waals surface area contributed by atoms with E-state index in [1.807, 2.05) is 30.3 Å². The molecule has 34 heavy (non-hydrogen) atoms. The minimum atomic E-state index is -0.598. The van der Waals surface area contributed by atoms with Crippen LogP contribution in [0.4, 0.5) is 0 Å². The lowest BCUT2D eigenvalue weighted by Crippen LogP contribution is -2.30. The minimum absolute atomic E-state index is 0.337. The van der Waals surface area contributed by atoms with Crippen molar-refractivity contribution in [2.24, 2.45) is 0 Å². The van der Waals surface area contributed by atoms with E-state index in [9.17, 15) is 14.9 Å². The zero-order valence-electron chi connectivity index (χ0n) is 18.3. The van der Waals surface area contributed by atoms with Gasteiger partial charge in [-0.2, -0.15) is 5.26 Å². The van der Waals surface area contributed by atoms with E-state index in [0.29, 0.717) is 48.0 Å². The molecule has 0 saturated carbocycles. The molecule has 0 saturated heterocycles. The molecule has 0 aromatic heterocycles. The normalized spacial score (nSPS) is 11.9. The number of carbonyl (C=O) groups excluding carboxylic acids is 2. The molecule has 1 N–H and O–H groups in total. The van der Waals surface area contributed by atoms with Gasteiger partial charge in [-0.15, -0.1) is 0 Å². The lowest BCUT2D eigenvalue weighted by molar-refractivity contribution is -0.124. The Bertz CT molecular complexity index is 1240. The van der Waals surface area contributed by atoms with Gasteiger partial charge in [0.2, 0.25) is 0 Å². The summed E-state index contributed by atoms with van der Waals surface area (Å²) in [6.07, 6.45) is 0.605. The van der Waals surface area contributed by atoms with Crippen LogP contribution in [0.3, 0.4) is 0 Å². The number of rotatable bonds is 8. The summed E-state index contributed by atoms with van der Waals surface area (Å²) in [5, 5.41) is 12.1. The maximum Gasteiger partial charge on any atom is 0.339 e. The number of nitrogens with one attached hydrogen (secondary N) is 1. The molecule has 0 spiro atoms. The molecule has 7 nitrogen and oxygen atoms in total. The molecule has 1 amide bonds. The lowest BCUT2D eigenvalue weighted by Gasteiger charge is -2.18. The van der Waals surface area contributed by atoms with Crippen LogP contribution in [0.25, 0.3) is 0 Å². The fourth-order valence-electron chi connectivity index (χ4n) is 3.34. The Hall–Kier alpha value is -3.96. The predicted octanol–water partition coefficient (Wildman–Crippen LogP) is 4.00. The van der Waals surface area contributed by atoms with Crippen LogP contribution >= 0.6 is 11.8 Å². The third-order valence-corrected chi connectivity index (χ3v) is 6.16. The van der Waals surface area contributed by atoms with E-state index < -0.39 is 5.97 Å². The van der Waals surface area contributed by atoms with Crippen molar-refractivity contribution in [2.75, 3.05) is 26.4 Å². The molecule has 0 unspecified atom stereocenters. The summed E-state index contributed by atoms with van der Waals surface area (Å²) in [4.78, 5) is 26.2. The number of nitriles is 1. The first kappa shape index (κ1) is 23.2. The fourth-order valence-corrected chi connectivity index (χ4v) is 4.36. The van der Waals surface area contributed by atoms with Gasteiger partial charge in [0.1, 0.15) is 19.3 Å². The molecular formula is C26H22N2O5S. The molecule has 0 bridgehead atoms. The third-order valence-electron chi connectivity index (χ3n) is 5.01. The molecule has 8 heteroatoms. The van der Waals surface area contributed by atoms with E-state index in [4.69, 9.17) is 14.2 Å². The minimum Gasteiger partial charge on any atom is -0.486 e. The molecule has 0 aliphatic carbocycles. The van der Waals surface area contributed by atoms with E-state index >= 15 is 0 Å². The van der Waals surface area contributed by atoms with E-state index in [0.717, 1.165) is 16.2 Å². The standard InChI is InChI=1S/C26H22N2O5S/c27-16-19-5-1-3-7-23(19)34-24-8-4-2-6-20(24)26(30)33-17-25(29)28-12-11-18-9-10-21-22(15-18)32-14-13-31-21/h1-10,15H,11-14,17H2,(H,28,29). The van der Waals surface area contributed by atoms with Gasteiger partial charge in [-0.1, -0.05) is 42.1 Å². The number of hydrogen-bond acceptors (Lipinski definition) is 7. The number of esters is 1. The molecule has 3 aromatic rings. The number of carbonyl (C=O) groups is 2. The largest absolute Gasteiger partial charge is 0.486 e. The van der Waals surface area contributed by atoms with E-state index in [1.54, 1.807) is 36.4 Å². The molecule has 1 heterocycles. The average Bonchev–Trinajstić information content (AvgIpc) is 2.88. The van der Waals surface area contributed by atoms with Crippen LogP contribution < -0.4 is 14.8 Å². The van der Waals surface area contributed by atoms with Gasteiger partial charge < -0.3 is 19.5 Å². The van der Waals surface area contributed by atoms with Gasteiger partial charge in [-0.3, -0.25) is 4.79 Å². The second kappa shape index (κ2) is 11.3. The van der Waals surface area contributed by atoms with Crippen molar-refractivity contribution >= 4 is 23.6 Å². The molecule has 0 radical (unpaired) electrons. The highest BCUT2D eigenvalue weighted by molar-refractivity contribution is 7.99. The Balaban J connectivity index is 1.28. The number of hydrogen-bond donors (Lipinski definition) is 1. The number of benzene rings is 3. The van der Waals surface area contributed by atoms with Gasteiger partial charge >= 0.3 is 5.97 Å². The smallest absolute Gasteiger partial charge is 0.339 e. The topological polar surface area (TPSA) is 97.7 Å². The van der Waals surface area contributed by atoms with Gasteiger partial charge in [-0.05, 0) is 48.4 Å². The third kappa shape index (κ3) is 5.88. The Morgan fingerprint density at radius 3 is 2.53 bits per heavy atom. The molecule has 1 aliphatic heterocycles. The van der Waals surface area contributed by atoms with Crippen molar-refractivity contribution in [3.05, 3.63) is 83.4 Å². The van der Waals surface area contributed by atoms with Gasteiger partial charge in [0.25, 0.3) is 5.91 Å². The van der Waals surface area contributed by atoms with Crippen LogP contribution in [0, 0.1) is 11.3 Å². The summed E-state index contributed by atoms with van der Waals surface area (Å²) in [6, 6.07) is 21.9. The van der Waals surface area contributed by atoms with Gasteiger partial charge in [0, 0.05) is 16.3 Å². The van der Waals surface area contributed by atoms with E-state index in [2.05, 4.69) is 11.4 Å². The van der Waals surface area contributed by atoms with Crippen LogP contribution in [0.15, 0.2) is 76.5 Å². The fraction of sp³-hybridized carbons (Fsp3) is 0.192. The van der Waals surface area contributed by atoms with E-state index in [1.165, 1.54) is 11.8 Å². The molecule has 1 aliphatic rings. The Kier molecular flexibility index (Phi) is 7.68. The average molecular weight is 475 g/mol. The van der Waals surface area contributed by atoms with Crippen LogP contribution in [-0.4, -0.2) is 38.2 Å². The first-order chi connectivity index (χ1) is 16.6. The van der Waals surface area contributed by atoms with Crippen LogP contribution in [0.2, 0.25) is 0 Å². The number of nitrogens with zero attached hydrogens (tertiary/aromatic N) is 1. The highest BCUT2D eigenvalue weighted by Crippen LogP contribution is 2.33. The van der Waals surface area contributed by atoms with Gasteiger partial charge in [-0.25, -0.2) is 4.79 Å². The molecule has 4 rings (SSSR count). The van der Waals surface area contributed by atoms with Crippen molar-refractivity contribution in [3.63, 3.8) is 0 Å². The van der Waals surface area contributed by atoms with Gasteiger partial charge in [0.15, 0.2) is 18.1 Å². The van der Waals surface area contributed by atoms with Crippen LogP contribution in [-0.2, 0) is 16.0 Å². The molecular weight excluding hydrogens is 452 g/mol. The summed E-state index contributed by atoms with van der Waals surface area (Å²) in [6.45, 7) is 1.07. The van der Waals surface area contributed by atoms with Crippen molar-refractivity contribution in [2.45, 2.75) is 16.2 Å². The Morgan fingerprint density at radius 1 is 0.971 bits per heavy atom. The predicted molar refractivity (Wildman–Crippen MR) is 126 cm³/mol. The molecule has 0 atom stereocenters. The zero-order chi connectivity index (χ0) is 23.8. The molecule has 172 valence electrons. The second-order valence-electron chi connectivity index (χ2n) is 7.36. The maximum atomic E-state index is 12.6. The SMILES string of the molecule is N#Cc1ccccc1Sc1ccccc1C(=O)OCC(=O)NCCc1ccc2c(c1)OCCO2. The van der Waals surface area contributed by atoms with Crippen molar-refractivity contribution in [3.8, 4) is 17.6 Å². The van der Waals surface area contributed by atoms with Crippen molar-refractivity contribution in [1.82, 2.24) is 5.32 Å². The van der Waals surface area contributed by atoms with Crippen molar-refractivity contribution < 1.29 is 23.8 Å². The van der Waals surface area contributed by atoms with Crippen LogP contribution in [0.1, 0.15) is 21.5 Å². The summed E-state index contributed by atoms with van der Waals surface area (Å²) >= 11 is 1.31. The molecule has 0 fully saturated rings. The quantitative estimate of drug-likeness (QED) is 0.493. The monoisotopic (exact) mass is 474 g/mol. The summed E-state index contributed by atoms with van der Waals surface area (Å²) in [7, 11) is 0. The first-order valence-corrected chi connectivity index (χ1v) is 11.5. The number of fused-ring (bicyclic) bond motifs is 1. The van der Waals surface area contributed by atoms with Crippen LogP contribution in [0.5, 0.6) is 11.5 Å². The Morgan fingerprint density at radius 2 is 1.71 bits per heavy atom. The first-order valence-electron chi connectivity index (χ1n) is 10.7. The number of ether oxygens (including phenoxy) is 3. The summed E-state index contributed by atoms with van der Waals surface area (Å²) in [5.74, 6) is 0.448. The maximum absolute atomic E-state index is 12.6. The second-order valence-corrected chi connectivity index (χ2v) is 8.44. The Labute approximate surface area is 201 Å². The number of amides is 1. The summed E-state index contributed by atoms with van der Waals surface area (Å²) in [5.41, 5.74) is 1.86. The highest BCUT2D eigenvalue weighted by atomic mass is 32.2. The highest BCUT2D eigenvalue weighted by Gasteiger charge is 2.16. The van der Waals surface area contributed by atoms with E-state index in [-0.39, 0.29) is 12.5 Å². The molecule has 3 aromatic carbocycles. The van der Waals surface area contributed by atoms with Crippen molar-refractivity contribution in [1.29, 1.82) is 5.26 Å². The zero-order valence-corrected chi connectivity index (χ0v) is 19.1. The summed E-state index contributed by atoms with van der Waals surface area (Å²) < 4.78 is 16.3. The lowest BCUT2D eigenvalue weighted by atomic mass is 10.1.